The van der Waals surface area contributed by atoms with Gasteiger partial charge in [-0.05, 0) is 131 Å². The lowest BCUT2D eigenvalue weighted by atomic mass is 9.71. The van der Waals surface area contributed by atoms with E-state index in [9.17, 15) is 28.8 Å². The zero-order chi connectivity index (χ0) is 71.9. The van der Waals surface area contributed by atoms with E-state index in [1.54, 1.807) is 9.80 Å². The first-order chi connectivity index (χ1) is 49.4. The average molecular weight is 1420 g/mol. The van der Waals surface area contributed by atoms with Gasteiger partial charge in [-0.3, -0.25) is 19.6 Å². The molecule has 8 aliphatic rings. The van der Waals surface area contributed by atoms with Gasteiger partial charge in [0.1, 0.15) is 42.3 Å². The lowest BCUT2D eigenvalue weighted by molar-refractivity contribution is 0.0250. The minimum absolute atomic E-state index is 0.0692. The number of methoxy groups -OCH3 is 4. The number of rotatable bonds is 17. The molecule has 0 saturated carbocycles. The molecule has 4 unspecified atom stereocenters. The first-order valence-electron chi connectivity index (χ1n) is 36.1. The zero-order valence-electron chi connectivity index (χ0n) is 60.2. The number of anilines is 2. The van der Waals surface area contributed by atoms with Crippen LogP contribution >= 0.6 is 0 Å². The number of amides is 6. The summed E-state index contributed by atoms with van der Waals surface area (Å²) in [6.45, 7) is 15.3. The number of nitrogens with zero attached hydrogens (tertiary/aromatic N) is 8. The van der Waals surface area contributed by atoms with E-state index in [1.165, 1.54) is 38.2 Å². The quantitative estimate of drug-likeness (QED) is 0.0471. The molecule has 0 aromatic heterocycles. The standard InChI is InChI=1S/C39H47N5O7Si.C39H47N3O7Si/c1-6-52(7-2,8-3)51-39-22-24-42(35(45)48-4)33(39)25-28-29(39)18-14-19-31(28)40-41-38-21-23-43(36(46)49-5)34(38)44(32-20-13-12-17-30(32)38)37(47)50-26-27-15-10-9-11-16-27;1-6-50(7-2,8-3)49-39-22-24-40(35(43)46-4)33(39)25-28-29(18-14-19-30(28)39)38-21-23-41(36(44)47-5)34(38)42(32-20-13-12-17-31(32)38)37(45)48-26-27-15-10-9-11-16-27/h9-20,33-34H,6-8,21-26H2,1-5H3;9-20,33-34H,6-8,21-26H2,1-5H3/t2*33?,34?,38-,39-/m00/s1. The number of ether oxygens (including phenoxy) is 6. The predicted octanol–water partition coefficient (Wildman–Crippen LogP) is 15.8. The van der Waals surface area contributed by atoms with Crippen molar-refractivity contribution in [2.24, 2.45) is 10.2 Å². The normalized spacial score (nSPS) is 24.6. The van der Waals surface area contributed by atoms with Gasteiger partial charge in [0.05, 0.1) is 63.0 Å². The van der Waals surface area contributed by atoms with Gasteiger partial charge in [-0.1, -0.05) is 169 Å². The van der Waals surface area contributed by atoms with Gasteiger partial charge in [0.25, 0.3) is 0 Å². The van der Waals surface area contributed by atoms with Crippen molar-refractivity contribution in [2.45, 2.75) is 176 Å². The fourth-order valence-electron chi connectivity index (χ4n) is 18.5. The van der Waals surface area contributed by atoms with Gasteiger partial charge in [-0.2, -0.15) is 10.2 Å². The Labute approximate surface area is 599 Å². The molecule has 14 rings (SSSR count). The second-order valence-electron chi connectivity index (χ2n) is 27.9. The summed E-state index contributed by atoms with van der Waals surface area (Å²) in [6, 6.07) is 52.3. The van der Waals surface area contributed by atoms with Crippen LogP contribution in [0, 0.1) is 0 Å². The summed E-state index contributed by atoms with van der Waals surface area (Å²) in [4.78, 5) is 91.5. The largest absolute Gasteiger partial charge is 0.453 e. The molecule has 102 heavy (non-hydrogen) atoms. The van der Waals surface area contributed by atoms with Crippen LogP contribution in [0.3, 0.4) is 0 Å². The number of carbonyl (C=O) groups excluding carboxylic acids is 6. The van der Waals surface area contributed by atoms with E-state index < -0.39 is 75.5 Å². The SMILES string of the molecule is CC[Si](CC)(CC)O[C@]12CCN(C(=O)OC)C1Cc1c(N=N[C@]34CCN(C(=O)OC)C3N(C(=O)OCc3ccccc3)c3ccccc34)cccc12.CC[Si](CC)(CC)O[C@]12CCN(C(=O)OC)C1Cc1c([C@]34CCN(C(=O)OC)C3N(C(=O)OCc3ccccc3)c3ccccc34)cccc12. The molecule has 6 aromatic carbocycles. The predicted molar refractivity (Wildman–Crippen MR) is 388 cm³/mol. The van der Waals surface area contributed by atoms with Crippen LogP contribution in [-0.2, 0) is 85.5 Å². The smallest absolute Gasteiger partial charge is 0.416 e. The van der Waals surface area contributed by atoms with Crippen molar-refractivity contribution in [1.82, 2.24) is 19.6 Å². The van der Waals surface area contributed by atoms with Crippen molar-refractivity contribution in [3.05, 3.63) is 196 Å². The molecule has 0 spiro atoms. The number of hydrogen-bond donors (Lipinski definition) is 0. The Bertz CT molecular complexity index is 4170. The van der Waals surface area contributed by atoms with Crippen LogP contribution in [0.4, 0.5) is 45.8 Å². The van der Waals surface area contributed by atoms with Crippen LogP contribution in [0.2, 0.25) is 36.3 Å². The molecular formula is C78H94N8O14Si2. The van der Waals surface area contributed by atoms with Gasteiger partial charge in [0.15, 0.2) is 16.6 Å². The molecule has 0 radical (unpaired) electrons. The van der Waals surface area contributed by atoms with Gasteiger partial charge in [0, 0.05) is 38.2 Å². The molecule has 22 nitrogen and oxygen atoms in total. The van der Waals surface area contributed by atoms with Crippen molar-refractivity contribution in [3.8, 4) is 0 Å². The molecule has 6 aromatic rings. The van der Waals surface area contributed by atoms with Gasteiger partial charge >= 0.3 is 36.6 Å². The van der Waals surface area contributed by atoms with Crippen molar-refractivity contribution >= 4 is 70.3 Å². The van der Waals surface area contributed by atoms with Crippen LogP contribution in [0.1, 0.15) is 117 Å². The van der Waals surface area contributed by atoms with E-state index in [0.29, 0.717) is 81.8 Å². The molecule has 0 bridgehead atoms. The maximum atomic E-state index is 14.3. The highest BCUT2D eigenvalue weighted by Crippen LogP contribution is 2.62. The van der Waals surface area contributed by atoms with Gasteiger partial charge < -0.3 is 47.1 Å². The topological polar surface area (TPSA) is 220 Å². The Hall–Kier alpha value is -9.11. The van der Waals surface area contributed by atoms with E-state index in [2.05, 4.69) is 71.9 Å². The van der Waals surface area contributed by atoms with E-state index in [1.807, 2.05) is 125 Å². The molecule has 4 fully saturated rings. The maximum Gasteiger partial charge on any atom is 0.416 e. The van der Waals surface area contributed by atoms with E-state index in [-0.39, 0.29) is 37.5 Å². The Morgan fingerprint density at radius 1 is 0.412 bits per heavy atom. The molecule has 8 atom stereocenters. The summed E-state index contributed by atoms with van der Waals surface area (Å²) in [5.41, 5.74) is 7.49. The molecule has 6 amide bonds. The number of carbonyl (C=O) groups is 6. The molecule has 4 saturated heterocycles. The number of fused-ring (bicyclic) bond motifs is 12. The number of benzene rings is 6. The summed E-state index contributed by atoms with van der Waals surface area (Å²) >= 11 is 0. The van der Waals surface area contributed by atoms with Crippen LogP contribution in [0.15, 0.2) is 156 Å². The minimum Gasteiger partial charge on any atom is -0.453 e. The second kappa shape index (κ2) is 28.6. The van der Waals surface area contributed by atoms with Crippen LogP contribution in [0.5, 0.6) is 0 Å². The highest BCUT2D eigenvalue weighted by molar-refractivity contribution is 6.74. The van der Waals surface area contributed by atoms with Gasteiger partial charge in [-0.25, -0.2) is 28.8 Å². The Balaban J connectivity index is 0.000000182. The molecule has 6 heterocycles. The maximum absolute atomic E-state index is 14.3. The summed E-state index contributed by atoms with van der Waals surface area (Å²) in [7, 11) is 1.25. The summed E-state index contributed by atoms with van der Waals surface area (Å²) in [5.74, 6) is 0. The molecule has 6 aliphatic heterocycles. The molecule has 2 aliphatic carbocycles. The third kappa shape index (κ3) is 11.5. The summed E-state index contributed by atoms with van der Waals surface area (Å²) in [6.07, 6.45) is -1.06. The number of hydrogen-bond acceptors (Lipinski definition) is 16. The minimum atomic E-state index is -2.17. The molecule has 538 valence electrons. The molecule has 0 N–H and O–H groups in total. The van der Waals surface area contributed by atoms with E-state index in [4.69, 9.17) is 47.5 Å². The summed E-state index contributed by atoms with van der Waals surface area (Å²) in [5, 5.41) is 10.1. The second-order valence-corrected chi connectivity index (χ2v) is 37.3. The van der Waals surface area contributed by atoms with Crippen LogP contribution in [0.25, 0.3) is 0 Å². The number of likely N-dealkylation sites (tertiary alicyclic amines) is 4. The Morgan fingerprint density at radius 3 is 1.31 bits per heavy atom. The monoisotopic (exact) mass is 1420 g/mol. The van der Waals surface area contributed by atoms with Crippen LogP contribution < -0.4 is 9.80 Å². The lowest BCUT2D eigenvalue weighted by Gasteiger charge is -2.42. The first kappa shape index (κ1) is 71.3. The third-order valence-electron chi connectivity index (χ3n) is 23.9. The highest BCUT2D eigenvalue weighted by atomic mass is 28.4. The Kier molecular flexibility index (Phi) is 20.0. The lowest BCUT2D eigenvalue weighted by Crippen LogP contribution is -2.54. The number of azo groups is 1. The van der Waals surface area contributed by atoms with Crippen LogP contribution in [-0.4, -0.2) is 152 Å². The average Bonchev–Trinajstić information content (AvgIpc) is 1.52. The van der Waals surface area contributed by atoms with E-state index in [0.717, 1.165) is 86.3 Å². The zero-order valence-corrected chi connectivity index (χ0v) is 62.2. The number of para-hydroxylation sites is 2. The van der Waals surface area contributed by atoms with Gasteiger partial charge in [-0.15, -0.1) is 0 Å². The van der Waals surface area contributed by atoms with Crippen molar-refractivity contribution in [3.63, 3.8) is 0 Å². The molecular weight excluding hydrogens is 1330 g/mol. The van der Waals surface area contributed by atoms with E-state index >= 15 is 0 Å². The summed E-state index contributed by atoms with van der Waals surface area (Å²) < 4.78 is 47.9. The highest BCUT2D eigenvalue weighted by Gasteiger charge is 2.67. The van der Waals surface area contributed by atoms with Gasteiger partial charge in [0.2, 0.25) is 0 Å². The first-order valence-corrected chi connectivity index (χ1v) is 41.2. The third-order valence-corrected chi connectivity index (χ3v) is 33.3. The fourth-order valence-corrected chi connectivity index (χ4v) is 24.6. The Morgan fingerprint density at radius 2 is 0.804 bits per heavy atom. The molecule has 24 heteroatoms. The van der Waals surface area contributed by atoms with Crippen molar-refractivity contribution in [1.29, 1.82) is 0 Å². The fraction of sp³-hybridized carbons (Fsp3) is 0.462. The van der Waals surface area contributed by atoms with Crippen molar-refractivity contribution < 1.29 is 66.0 Å². The van der Waals surface area contributed by atoms with Crippen molar-refractivity contribution in [2.75, 3.05) is 64.4 Å².